The fourth-order valence-corrected chi connectivity index (χ4v) is 5.00. The molecular formula is C28H29N5O2. The highest BCUT2D eigenvalue weighted by Gasteiger charge is 2.25. The summed E-state index contributed by atoms with van der Waals surface area (Å²) < 4.78 is 6.09. The molecule has 1 aromatic heterocycles. The van der Waals surface area contributed by atoms with Crippen LogP contribution in [0.1, 0.15) is 52.0 Å². The summed E-state index contributed by atoms with van der Waals surface area (Å²) in [7, 11) is 0. The highest BCUT2D eigenvalue weighted by atomic mass is 16.5. The number of benzene rings is 2. The van der Waals surface area contributed by atoms with Crippen LogP contribution in [0, 0.1) is 18.3 Å². The molecule has 7 heteroatoms. The fourth-order valence-electron chi connectivity index (χ4n) is 5.00. The molecule has 2 aromatic carbocycles. The molecule has 1 atom stereocenters. The summed E-state index contributed by atoms with van der Waals surface area (Å²) in [6.45, 7) is 3.57. The minimum atomic E-state index is -0.164. The number of carbonyl (C=O) groups excluding carboxylic acids is 1. The lowest BCUT2D eigenvalue weighted by Gasteiger charge is -2.33. The van der Waals surface area contributed by atoms with Crippen molar-refractivity contribution in [2.75, 3.05) is 18.0 Å². The first-order valence-corrected chi connectivity index (χ1v) is 12.2. The van der Waals surface area contributed by atoms with E-state index < -0.39 is 0 Å². The van der Waals surface area contributed by atoms with Gasteiger partial charge in [0.05, 0.1) is 11.6 Å². The van der Waals surface area contributed by atoms with Crippen LogP contribution in [0.15, 0.2) is 54.6 Å². The van der Waals surface area contributed by atoms with Crippen molar-refractivity contribution in [3.63, 3.8) is 0 Å². The summed E-state index contributed by atoms with van der Waals surface area (Å²) in [6, 6.07) is 19.8. The van der Waals surface area contributed by atoms with Crippen molar-refractivity contribution < 1.29 is 9.53 Å². The van der Waals surface area contributed by atoms with Crippen LogP contribution in [-0.4, -0.2) is 41.3 Å². The molecule has 35 heavy (non-hydrogen) atoms. The topological polar surface area (TPSA) is 91.1 Å². The number of hydrogen-bond donors (Lipinski definition) is 1. The smallest absolute Gasteiger partial charge is 0.272 e. The Balaban J connectivity index is 1.17. The molecule has 1 aliphatic heterocycles. The number of nitrogens with one attached hydrogen (secondary N) is 1. The Kier molecular flexibility index (Phi) is 6.62. The number of piperidine rings is 1. The molecule has 0 spiro atoms. The molecule has 0 saturated carbocycles. The largest absolute Gasteiger partial charge is 0.490 e. The number of anilines is 1. The predicted molar refractivity (Wildman–Crippen MR) is 134 cm³/mol. The van der Waals surface area contributed by atoms with Gasteiger partial charge in [0.25, 0.3) is 5.91 Å². The van der Waals surface area contributed by atoms with E-state index in [2.05, 4.69) is 50.7 Å². The lowest BCUT2D eigenvalue weighted by Crippen LogP contribution is -2.40. The van der Waals surface area contributed by atoms with Gasteiger partial charge < -0.3 is 15.0 Å². The van der Waals surface area contributed by atoms with Gasteiger partial charge in [0, 0.05) is 32.0 Å². The van der Waals surface area contributed by atoms with E-state index in [1.54, 1.807) is 12.1 Å². The molecule has 1 aliphatic carbocycles. The zero-order chi connectivity index (χ0) is 24.2. The summed E-state index contributed by atoms with van der Waals surface area (Å²) in [5.41, 5.74) is 4.60. The number of fused-ring (bicyclic) bond motifs is 1. The Bertz CT molecular complexity index is 1260. The summed E-state index contributed by atoms with van der Waals surface area (Å²) >= 11 is 0. The molecule has 178 valence electrons. The molecule has 0 radical (unpaired) electrons. The average molecular weight is 468 g/mol. The normalized spacial score (nSPS) is 17.8. The minimum Gasteiger partial charge on any atom is -0.490 e. The van der Waals surface area contributed by atoms with Crippen molar-refractivity contribution in [1.82, 2.24) is 15.5 Å². The molecule has 1 unspecified atom stereocenters. The van der Waals surface area contributed by atoms with Gasteiger partial charge in [-0.05, 0) is 67.1 Å². The van der Waals surface area contributed by atoms with Crippen molar-refractivity contribution in [1.29, 1.82) is 5.26 Å². The zero-order valence-electron chi connectivity index (χ0n) is 19.9. The standard InChI is InChI=1S/C28H29N5O2/c1-19-15-26(28(34)30-23-10-9-21-6-2-3-7-22(21)17-23)31-32-27(19)33-13-11-24(12-14-33)35-25-8-4-5-20(16-25)18-29/h2-8,15-16,23-24H,9-14,17H2,1H3,(H,30,34). The third-order valence-corrected chi connectivity index (χ3v) is 6.88. The molecule has 1 fully saturated rings. The molecule has 1 saturated heterocycles. The molecule has 5 rings (SSSR count). The molecular weight excluding hydrogens is 438 g/mol. The highest BCUT2D eigenvalue weighted by Crippen LogP contribution is 2.25. The maximum atomic E-state index is 12.9. The van der Waals surface area contributed by atoms with Crippen molar-refractivity contribution >= 4 is 11.7 Å². The number of ether oxygens (including phenoxy) is 1. The molecule has 3 aromatic rings. The molecule has 1 N–H and O–H groups in total. The molecule has 7 nitrogen and oxygen atoms in total. The van der Waals surface area contributed by atoms with Crippen LogP contribution in [0.5, 0.6) is 5.75 Å². The predicted octanol–water partition coefficient (Wildman–Crippen LogP) is 3.99. The highest BCUT2D eigenvalue weighted by molar-refractivity contribution is 5.92. The van der Waals surface area contributed by atoms with Crippen molar-refractivity contribution in [3.05, 3.63) is 82.5 Å². The van der Waals surface area contributed by atoms with E-state index in [0.717, 1.165) is 62.3 Å². The van der Waals surface area contributed by atoms with Crippen molar-refractivity contribution in [2.45, 2.75) is 51.2 Å². The summed E-state index contributed by atoms with van der Waals surface area (Å²) in [5, 5.41) is 20.9. The van der Waals surface area contributed by atoms with Crippen LogP contribution < -0.4 is 15.0 Å². The second-order valence-electron chi connectivity index (χ2n) is 9.36. The summed E-state index contributed by atoms with van der Waals surface area (Å²) in [4.78, 5) is 15.1. The quantitative estimate of drug-likeness (QED) is 0.610. The number of aryl methyl sites for hydroxylation is 2. The van der Waals surface area contributed by atoms with Gasteiger partial charge in [-0.1, -0.05) is 30.3 Å². The molecule has 1 amide bonds. The average Bonchev–Trinajstić information content (AvgIpc) is 2.89. The van der Waals surface area contributed by atoms with Crippen molar-refractivity contribution in [3.8, 4) is 11.8 Å². The number of amides is 1. The van der Waals surface area contributed by atoms with Crippen LogP contribution in [0.4, 0.5) is 5.82 Å². The third kappa shape index (κ3) is 5.27. The number of hydrogen-bond acceptors (Lipinski definition) is 6. The third-order valence-electron chi connectivity index (χ3n) is 6.88. The van der Waals surface area contributed by atoms with Crippen LogP contribution in [0.2, 0.25) is 0 Å². The van der Waals surface area contributed by atoms with E-state index in [4.69, 9.17) is 10.00 Å². The van der Waals surface area contributed by atoms with Gasteiger partial charge in [0.15, 0.2) is 11.5 Å². The van der Waals surface area contributed by atoms with E-state index in [9.17, 15) is 4.79 Å². The SMILES string of the molecule is Cc1cc(C(=O)NC2CCc3ccccc3C2)nnc1N1CCC(Oc2cccc(C#N)c2)CC1. The second-order valence-corrected chi connectivity index (χ2v) is 9.36. The number of rotatable bonds is 5. The molecule has 2 aliphatic rings. The molecule has 2 heterocycles. The number of nitrogens with zero attached hydrogens (tertiary/aromatic N) is 4. The van der Waals surface area contributed by atoms with Gasteiger partial charge in [-0.25, -0.2) is 0 Å². The molecule has 0 bridgehead atoms. The van der Waals surface area contributed by atoms with Gasteiger partial charge in [-0.3, -0.25) is 4.79 Å². The second kappa shape index (κ2) is 10.1. The summed E-state index contributed by atoms with van der Waals surface area (Å²) in [5.74, 6) is 1.39. The van der Waals surface area contributed by atoms with E-state index in [0.29, 0.717) is 11.3 Å². The van der Waals surface area contributed by atoms with Gasteiger partial charge in [-0.2, -0.15) is 5.26 Å². The van der Waals surface area contributed by atoms with Crippen molar-refractivity contribution in [2.24, 2.45) is 0 Å². The van der Waals surface area contributed by atoms with Gasteiger partial charge in [0.2, 0.25) is 0 Å². The zero-order valence-corrected chi connectivity index (χ0v) is 19.9. The van der Waals surface area contributed by atoms with Gasteiger partial charge in [0.1, 0.15) is 11.9 Å². The van der Waals surface area contributed by atoms with Gasteiger partial charge in [-0.15, -0.1) is 10.2 Å². The van der Waals surface area contributed by atoms with Crippen LogP contribution in [-0.2, 0) is 12.8 Å². The fraction of sp³-hybridized carbons (Fsp3) is 0.357. The minimum absolute atomic E-state index is 0.0964. The van der Waals surface area contributed by atoms with E-state index in [1.165, 1.54) is 11.1 Å². The monoisotopic (exact) mass is 467 g/mol. The van der Waals surface area contributed by atoms with E-state index in [-0.39, 0.29) is 18.1 Å². The Morgan fingerprint density at radius 1 is 1.06 bits per heavy atom. The number of carbonyl (C=O) groups is 1. The van der Waals surface area contributed by atoms with Crippen LogP contribution in [0.25, 0.3) is 0 Å². The first-order chi connectivity index (χ1) is 17.1. The lowest BCUT2D eigenvalue weighted by atomic mass is 9.88. The Labute approximate surface area is 205 Å². The van der Waals surface area contributed by atoms with Crippen LogP contribution in [0.3, 0.4) is 0 Å². The maximum Gasteiger partial charge on any atom is 0.272 e. The summed E-state index contributed by atoms with van der Waals surface area (Å²) in [6.07, 6.45) is 4.56. The van der Waals surface area contributed by atoms with Crippen LogP contribution >= 0.6 is 0 Å². The number of nitriles is 1. The Morgan fingerprint density at radius 3 is 2.63 bits per heavy atom. The maximum absolute atomic E-state index is 12.9. The Hall–Kier alpha value is -3.92. The van der Waals surface area contributed by atoms with Gasteiger partial charge >= 0.3 is 0 Å². The first kappa shape index (κ1) is 22.9. The Morgan fingerprint density at radius 2 is 1.86 bits per heavy atom. The number of aromatic nitrogens is 2. The first-order valence-electron chi connectivity index (χ1n) is 12.2. The lowest BCUT2D eigenvalue weighted by molar-refractivity contribution is 0.0927. The van der Waals surface area contributed by atoms with E-state index in [1.807, 2.05) is 25.1 Å². The van der Waals surface area contributed by atoms with E-state index >= 15 is 0 Å².